The smallest absolute Gasteiger partial charge is 0.263 e. The van der Waals surface area contributed by atoms with Gasteiger partial charge in [0.1, 0.15) is 5.75 Å². The number of hydrogen-bond acceptors (Lipinski definition) is 7. The standard InChI is InChI=1S/C21H23ClN4O5S/c1-14(30-18-10-8-17(9-11-18)26(3)32(4,28)29)21(27)25(2)13-19-23-20(24-31-19)15-6-5-7-16(22)12-15/h5-12,14H,13H2,1-4H3. The summed E-state index contributed by atoms with van der Waals surface area (Å²) < 4.78 is 35.4. The molecule has 1 aromatic heterocycles. The quantitative estimate of drug-likeness (QED) is 0.489. The van der Waals surface area contributed by atoms with Crippen molar-refractivity contribution in [3.05, 3.63) is 59.4 Å². The predicted molar refractivity (Wildman–Crippen MR) is 121 cm³/mol. The Labute approximate surface area is 191 Å². The molecule has 0 saturated heterocycles. The van der Waals surface area contributed by atoms with Crippen LogP contribution in [0.25, 0.3) is 11.4 Å². The van der Waals surface area contributed by atoms with Gasteiger partial charge < -0.3 is 14.2 Å². The lowest BCUT2D eigenvalue weighted by Gasteiger charge is -2.21. The van der Waals surface area contributed by atoms with Gasteiger partial charge in [0, 0.05) is 24.7 Å². The highest BCUT2D eigenvalue weighted by molar-refractivity contribution is 7.92. The lowest BCUT2D eigenvalue weighted by Crippen LogP contribution is -2.37. The summed E-state index contributed by atoms with van der Waals surface area (Å²) in [7, 11) is -0.292. The molecule has 3 rings (SSSR count). The molecule has 1 heterocycles. The van der Waals surface area contributed by atoms with Gasteiger partial charge in [-0.05, 0) is 43.3 Å². The number of rotatable bonds is 8. The van der Waals surface area contributed by atoms with Gasteiger partial charge >= 0.3 is 0 Å². The molecule has 9 nitrogen and oxygen atoms in total. The number of carbonyl (C=O) groups excluding carboxylic acids is 1. The minimum absolute atomic E-state index is 0.109. The number of anilines is 1. The molecule has 1 amide bonds. The second-order valence-corrected chi connectivity index (χ2v) is 9.65. The molecule has 1 unspecified atom stereocenters. The average molecular weight is 479 g/mol. The Morgan fingerprint density at radius 3 is 2.50 bits per heavy atom. The second kappa shape index (κ2) is 9.58. The Hall–Kier alpha value is -3.11. The van der Waals surface area contributed by atoms with E-state index in [0.29, 0.717) is 27.8 Å². The maximum Gasteiger partial charge on any atom is 0.263 e. The van der Waals surface area contributed by atoms with Crippen molar-refractivity contribution in [1.82, 2.24) is 15.0 Å². The molecule has 11 heteroatoms. The molecule has 0 N–H and O–H groups in total. The third-order valence-electron chi connectivity index (χ3n) is 4.66. The Balaban J connectivity index is 1.60. The molecular weight excluding hydrogens is 456 g/mol. The van der Waals surface area contributed by atoms with Crippen LogP contribution in [0.2, 0.25) is 5.02 Å². The van der Waals surface area contributed by atoms with Gasteiger partial charge in [-0.3, -0.25) is 9.10 Å². The molecular formula is C21H23ClN4O5S. The summed E-state index contributed by atoms with van der Waals surface area (Å²) in [5.41, 5.74) is 1.20. The van der Waals surface area contributed by atoms with E-state index in [1.807, 2.05) is 6.07 Å². The number of hydrogen-bond donors (Lipinski definition) is 0. The lowest BCUT2D eigenvalue weighted by molar-refractivity contribution is -0.137. The number of carbonyl (C=O) groups is 1. The predicted octanol–water partition coefficient (Wildman–Crippen LogP) is 3.21. The maximum absolute atomic E-state index is 12.7. The van der Waals surface area contributed by atoms with Crippen molar-refractivity contribution in [3.8, 4) is 17.1 Å². The number of halogens is 1. The van der Waals surface area contributed by atoms with Crippen LogP contribution in [-0.4, -0.2) is 55.8 Å². The number of nitrogens with zero attached hydrogens (tertiary/aromatic N) is 4. The summed E-state index contributed by atoms with van der Waals surface area (Å²) in [6.07, 6.45) is 0.337. The summed E-state index contributed by atoms with van der Waals surface area (Å²) in [5.74, 6) is 0.804. The molecule has 0 aliphatic rings. The minimum atomic E-state index is -3.36. The third kappa shape index (κ3) is 5.77. The van der Waals surface area contributed by atoms with Crippen LogP contribution >= 0.6 is 11.6 Å². The maximum atomic E-state index is 12.7. The highest BCUT2D eigenvalue weighted by Crippen LogP contribution is 2.22. The van der Waals surface area contributed by atoms with Gasteiger partial charge in [-0.25, -0.2) is 8.42 Å². The average Bonchev–Trinajstić information content (AvgIpc) is 3.21. The largest absolute Gasteiger partial charge is 0.481 e. The Morgan fingerprint density at radius 2 is 1.88 bits per heavy atom. The molecule has 2 aromatic carbocycles. The molecule has 0 spiro atoms. The molecule has 0 aliphatic heterocycles. The number of ether oxygens (including phenoxy) is 1. The zero-order valence-corrected chi connectivity index (χ0v) is 19.6. The first kappa shape index (κ1) is 23.6. The molecule has 0 bridgehead atoms. The fourth-order valence-corrected chi connectivity index (χ4v) is 3.53. The van der Waals surface area contributed by atoms with Crippen molar-refractivity contribution >= 4 is 33.2 Å². The summed E-state index contributed by atoms with van der Waals surface area (Å²) in [4.78, 5) is 18.4. The van der Waals surface area contributed by atoms with Gasteiger partial charge in [0.25, 0.3) is 5.91 Å². The van der Waals surface area contributed by atoms with E-state index in [2.05, 4.69) is 10.1 Å². The lowest BCUT2D eigenvalue weighted by atomic mass is 10.2. The monoisotopic (exact) mass is 478 g/mol. The Kier molecular flexibility index (Phi) is 7.05. The van der Waals surface area contributed by atoms with Crippen LogP contribution in [0.4, 0.5) is 5.69 Å². The van der Waals surface area contributed by atoms with Crippen LogP contribution < -0.4 is 9.04 Å². The number of sulfonamides is 1. The van der Waals surface area contributed by atoms with Gasteiger partial charge in [-0.2, -0.15) is 4.98 Å². The summed E-state index contributed by atoms with van der Waals surface area (Å²) in [6, 6.07) is 13.5. The van der Waals surface area contributed by atoms with Gasteiger partial charge in [0.2, 0.25) is 21.7 Å². The molecule has 170 valence electrons. The summed E-state index contributed by atoms with van der Waals surface area (Å²) in [5, 5.41) is 4.49. The number of benzene rings is 2. The molecule has 0 saturated carbocycles. The second-order valence-electron chi connectivity index (χ2n) is 7.20. The van der Waals surface area contributed by atoms with E-state index in [1.165, 1.54) is 11.9 Å². The minimum Gasteiger partial charge on any atom is -0.481 e. The first-order chi connectivity index (χ1) is 15.0. The number of likely N-dealkylation sites (N-methyl/N-ethyl adjacent to an activating group) is 1. The van der Waals surface area contributed by atoms with Crippen LogP contribution in [-0.2, 0) is 21.4 Å². The highest BCUT2D eigenvalue weighted by Gasteiger charge is 2.22. The molecule has 3 aromatic rings. The zero-order chi connectivity index (χ0) is 23.5. The fourth-order valence-electron chi connectivity index (χ4n) is 2.84. The van der Waals surface area contributed by atoms with E-state index in [-0.39, 0.29) is 18.3 Å². The van der Waals surface area contributed by atoms with Gasteiger partial charge in [-0.1, -0.05) is 28.9 Å². The van der Waals surface area contributed by atoms with Gasteiger partial charge in [0.05, 0.1) is 18.5 Å². The van der Waals surface area contributed by atoms with E-state index >= 15 is 0 Å². The van der Waals surface area contributed by atoms with E-state index in [4.69, 9.17) is 20.9 Å². The summed E-state index contributed by atoms with van der Waals surface area (Å²) in [6.45, 7) is 1.73. The van der Waals surface area contributed by atoms with Crippen molar-refractivity contribution in [2.45, 2.75) is 19.6 Å². The number of aromatic nitrogens is 2. The third-order valence-corrected chi connectivity index (χ3v) is 6.10. The Bertz CT molecular complexity index is 1200. The fraction of sp³-hybridized carbons (Fsp3) is 0.286. The topological polar surface area (TPSA) is 106 Å². The van der Waals surface area contributed by atoms with Crippen molar-refractivity contribution < 1.29 is 22.5 Å². The summed E-state index contributed by atoms with van der Waals surface area (Å²) >= 11 is 5.99. The molecule has 1 atom stereocenters. The van der Waals surface area contributed by atoms with E-state index in [1.54, 1.807) is 56.4 Å². The van der Waals surface area contributed by atoms with E-state index < -0.39 is 16.1 Å². The van der Waals surface area contributed by atoms with Crippen molar-refractivity contribution in [2.75, 3.05) is 24.7 Å². The van der Waals surface area contributed by atoms with E-state index in [0.717, 1.165) is 10.6 Å². The first-order valence-corrected chi connectivity index (χ1v) is 11.8. The van der Waals surface area contributed by atoms with Gasteiger partial charge in [-0.15, -0.1) is 0 Å². The first-order valence-electron chi connectivity index (χ1n) is 9.58. The van der Waals surface area contributed by atoms with Gasteiger partial charge in [0.15, 0.2) is 6.10 Å². The molecule has 0 radical (unpaired) electrons. The van der Waals surface area contributed by atoms with Crippen molar-refractivity contribution in [1.29, 1.82) is 0 Å². The van der Waals surface area contributed by atoms with Crippen LogP contribution in [0.5, 0.6) is 5.75 Å². The van der Waals surface area contributed by atoms with Crippen molar-refractivity contribution in [3.63, 3.8) is 0 Å². The van der Waals surface area contributed by atoms with Crippen molar-refractivity contribution in [2.24, 2.45) is 0 Å². The SMILES string of the molecule is CC(Oc1ccc(N(C)S(C)(=O)=O)cc1)C(=O)N(C)Cc1nc(-c2cccc(Cl)c2)no1. The van der Waals surface area contributed by atoms with Crippen LogP contribution in [0, 0.1) is 0 Å². The molecule has 0 fully saturated rings. The number of amides is 1. The molecule has 0 aliphatic carbocycles. The van der Waals surface area contributed by atoms with Crippen LogP contribution in [0.3, 0.4) is 0 Å². The highest BCUT2D eigenvalue weighted by atomic mass is 35.5. The van der Waals surface area contributed by atoms with E-state index in [9.17, 15) is 13.2 Å². The van der Waals surface area contributed by atoms with Crippen LogP contribution in [0.15, 0.2) is 53.1 Å². The molecule has 32 heavy (non-hydrogen) atoms. The zero-order valence-electron chi connectivity index (χ0n) is 18.0. The Morgan fingerprint density at radius 1 is 1.19 bits per heavy atom. The van der Waals surface area contributed by atoms with Crippen LogP contribution in [0.1, 0.15) is 12.8 Å². The normalized spacial score (nSPS) is 12.3.